The molecule has 0 unspecified atom stereocenters. The number of ketones is 1. The molecule has 154 valence electrons. The van der Waals surface area contributed by atoms with E-state index in [1.807, 2.05) is 0 Å². The Balaban J connectivity index is 2.47. The van der Waals surface area contributed by atoms with Crippen molar-refractivity contribution < 1.29 is 36.6 Å². The summed E-state index contributed by atoms with van der Waals surface area (Å²) >= 11 is 5.63. The van der Waals surface area contributed by atoms with Gasteiger partial charge in [0.15, 0.2) is 0 Å². The molecule has 0 aliphatic carbocycles. The Hall–Kier alpha value is -3.14. The number of hydrogen-bond acceptors (Lipinski definition) is 6. The van der Waals surface area contributed by atoms with E-state index >= 15 is 0 Å². The van der Waals surface area contributed by atoms with E-state index in [1.165, 1.54) is 19.1 Å². The van der Waals surface area contributed by atoms with Gasteiger partial charge < -0.3 is 9.47 Å². The minimum absolute atomic E-state index is 0.0823. The minimum Gasteiger partial charge on any atom is -0.461 e. The fourth-order valence-electron chi connectivity index (χ4n) is 2.12. The standard InChI is InChI=1S/C18H13ClF4N2O4/c1-2-28-17(27)15(25-24-12-7-6-9(19)8-11(12)21)16(26)14-10(20)4-3-5-13(14)29-18(22)23/h3-8,18,24H,2H2,1H3. The van der Waals surface area contributed by atoms with Crippen molar-refractivity contribution in [1.29, 1.82) is 0 Å². The summed E-state index contributed by atoms with van der Waals surface area (Å²) in [4.78, 5) is 24.8. The van der Waals surface area contributed by atoms with E-state index in [-0.39, 0.29) is 17.3 Å². The quantitative estimate of drug-likeness (QED) is 0.167. The van der Waals surface area contributed by atoms with Gasteiger partial charge in [0.05, 0.1) is 12.3 Å². The SMILES string of the molecule is CCOC(=O)C(=NNc1ccc(Cl)cc1F)C(=O)c1c(F)cccc1OC(F)F. The largest absolute Gasteiger partial charge is 0.461 e. The zero-order chi connectivity index (χ0) is 21.6. The summed E-state index contributed by atoms with van der Waals surface area (Å²) in [5.74, 6) is -5.59. The maximum Gasteiger partial charge on any atom is 0.387 e. The van der Waals surface area contributed by atoms with Gasteiger partial charge in [0, 0.05) is 5.02 Å². The van der Waals surface area contributed by atoms with E-state index in [0.29, 0.717) is 0 Å². The number of nitrogens with zero attached hydrogens (tertiary/aromatic N) is 1. The van der Waals surface area contributed by atoms with Gasteiger partial charge >= 0.3 is 12.6 Å². The first-order chi connectivity index (χ1) is 13.7. The lowest BCUT2D eigenvalue weighted by molar-refractivity contribution is -0.134. The van der Waals surface area contributed by atoms with Gasteiger partial charge in [0.25, 0.3) is 0 Å². The number of hydrogen-bond donors (Lipinski definition) is 1. The smallest absolute Gasteiger partial charge is 0.387 e. The van der Waals surface area contributed by atoms with Crippen molar-refractivity contribution in [3.05, 3.63) is 58.6 Å². The van der Waals surface area contributed by atoms with E-state index in [1.54, 1.807) is 0 Å². The number of ether oxygens (including phenoxy) is 2. The molecule has 0 aliphatic rings. The van der Waals surface area contributed by atoms with Crippen LogP contribution in [0.25, 0.3) is 0 Å². The van der Waals surface area contributed by atoms with Crippen molar-refractivity contribution in [3.8, 4) is 5.75 Å². The number of rotatable bonds is 8. The molecule has 0 heterocycles. The Bertz CT molecular complexity index is 953. The molecule has 0 bridgehead atoms. The summed E-state index contributed by atoms with van der Waals surface area (Å²) in [6.45, 7) is -2.09. The third-order valence-corrected chi connectivity index (χ3v) is 3.56. The molecule has 0 atom stereocenters. The highest BCUT2D eigenvalue weighted by atomic mass is 35.5. The number of benzene rings is 2. The van der Waals surface area contributed by atoms with Crippen LogP contribution in [0.4, 0.5) is 23.2 Å². The van der Waals surface area contributed by atoms with Crippen molar-refractivity contribution >= 4 is 34.8 Å². The van der Waals surface area contributed by atoms with E-state index in [2.05, 4.69) is 20.0 Å². The minimum atomic E-state index is -3.35. The van der Waals surface area contributed by atoms with Crippen LogP contribution in [0.2, 0.25) is 5.02 Å². The van der Waals surface area contributed by atoms with Crippen LogP contribution in [0.5, 0.6) is 5.75 Å². The fraction of sp³-hybridized carbons (Fsp3) is 0.167. The van der Waals surface area contributed by atoms with Crippen LogP contribution in [0, 0.1) is 11.6 Å². The van der Waals surface area contributed by atoms with Crippen LogP contribution in [0.15, 0.2) is 41.5 Å². The Morgan fingerprint density at radius 1 is 1.17 bits per heavy atom. The average Bonchev–Trinajstić information content (AvgIpc) is 2.63. The second kappa shape index (κ2) is 9.87. The maximum atomic E-state index is 14.2. The molecular formula is C18H13ClF4N2O4. The lowest BCUT2D eigenvalue weighted by Gasteiger charge is -2.12. The number of carbonyl (C=O) groups is 2. The van der Waals surface area contributed by atoms with Crippen molar-refractivity contribution in [3.63, 3.8) is 0 Å². The highest BCUT2D eigenvalue weighted by Gasteiger charge is 2.30. The molecule has 0 spiro atoms. The second-order valence-electron chi connectivity index (χ2n) is 5.24. The second-order valence-corrected chi connectivity index (χ2v) is 5.67. The van der Waals surface area contributed by atoms with E-state index in [4.69, 9.17) is 11.6 Å². The van der Waals surface area contributed by atoms with Crippen LogP contribution in [-0.4, -0.2) is 30.7 Å². The third kappa shape index (κ3) is 5.67. The monoisotopic (exact) mass is 432 g/mol. The normalized spacial score (nSPS) is 11.3. The van der Waals surface area contributed by atoms with Crippen LogP contribution < -0.4 is 10.2 Å². The molecule has 0 aromatic heterocycles. The number of esters is 1. The van der Waals surface area contributed by atoms with Gasteiger partial charge in [-0.3, -0.25) is 10.2 Å². The lowest BCUT2D eigenvalue weighted by Crippen LogP contribution is -2.29. The zero-order valence-corrected chi connectivity index (χ0v) is 15.5. The van der Waals surface area contributed by atoms with Gasteiger partial charge in [0.2, 0.25) is 11.5 Å². The van der Waals surface area contributed by atoms with Gasteiger partial charge in [-0.15, -0.1) is 0 Å². The summed E-state index contributed by atoms with van der Waals surface area (Å²) in [5.41, 5.74) is -0.100. The highest BCUT2D eigenvalue weighted by molar-refractivity contribution is 6.68. The van der Waals surface area contributed by atoms with Gasteiger partial charge in [-0.2, -0.15) is 13.9 Å². The van der Waals surface area contributed by atoms with Crippen LogP contribution in [-0.2, 0) is 9.53 Å². The molecule has 6 nitrogen and oxygen atoms in total. The Morgan fingerprint density at radius 2 is 1.90 bits per heavy atom. The summed E-state index contributed by atoms with van der Waals surface area (Å²) in [7, 11) is 0. The summed E-state index contributed by atoms with van der Waals surface area (Å²) in [5, 5.41) is 3.57. The van der Waals surface area contributed by atoms with E-state index in [9.17, 15) is 27.2 Å². The van der Waals surface area contributed by atoms with Crippen LogP contribution in [0.3, 0.4) is 0 Å². The predicted octanol–water partition coefficient (Wildman–Crippen LogP) is 4.43. The van der Waals surface area contributed by atoms with Crippen LogP contribution in [0.1, 0.15) is 17.3 Å². The Labute approximate surface area is 167 Å². The highest BCUT2D eigenvalue weighted by Crippen LogP contribution is 2.25. The van der Waals surface area contributed by atoms with E-state index < -0.39 is 47.0 Å². The number of anilines is 1. The van der Waals surface area contributed by atoms with Gasteiger partial charge in [0.1, 0.15) is 22.9 Å². The van der Waals surface area contributed by atoms with Gasteiger partial charge in [-0.25, -0.2) is 13.6 Å². The number of nitrogens with one attached hydrogen (secondary N) is 1. The first kappa shape index (κ1) is 22.2. The summed E-state index contributed by atoms with van der Waals surface area (Å²) in [6.07, 6.45) is 0. The molecule has 2 aromatic rings. The lowest BCUT2D eigenvalue weighted by atomic mass is 10.0. The predicted molar refractivity (Wildman–Crippen MR) is 96.5 cm³/mol. The fourth-order valence-corrected chi connectivity index (χ4v) is 2.28. The molecule has 0 radical (unpaired) electrons. The first-order valence-corrected chi connectivity index (χ1v) is 8.36. The van der Waals surface area contributed by atoms with Crippen molar-refractivity contribution in [2.45, 2.75) is 13.5 Å². The molecular weight excluding hydrogens is 420 g/mol. The molecule has 0 fully saturated rings. The molecule has 2 rings (SSSR count). The maximum absolute atomic E-state index is 14.2. The molecule has 0 aliphatic heterocycles. The molecule has 2 aromatic carbocycles. The van der Waals surface area contributed by atoms with Crippen molar-refractivity contribution in [2.24, 2.45) is 5.10 Å². The molecule has 11 heteroatoms. The van der Waals surface area contributed by atoms with Gasteiger partial charge in [-0.1, -0.05) is 17.7 Å². The summed E-state index contributed by atoms with van der Waals surface area (Å²) < 4.78 is 62.0. The molecule has 0 saturated heterocycles. The van der Waals surface area contributed by atoms with Gasteiger partial charge in [-0.05, 0) is 37.3 Å². The first-order valence-electron chi connectivity index (χ1n) is 7.98. The molecule has 29 heavy (non-hydrogen) atoms. The third-order valence-electron chi connectivity index (χ3n) is 3.32. The van der Waals surface area contributed by atoms with Crippen molar-refractivity contribution in [2.75, 3.05) is 12.0 Å². The number of Topliss-reactive ketones (excluding diaryl/α,β-unsaturated/α-hetero) is 1. The molecule has 1 N–H and O–H groups in total. The topological polar surface area (TPSA) is 77.0 Å². The Kier molecular flexibility index (Phi) is 7.54. The summed E-state index contributed by atoms with van der Waals surface area (Å²) in [6, 6.07) is 6.17. The molecule has 0 amide bonds. The van der Waals surface area contributed by atoms with E-state index in [0.717, 1.165) is 24.3 Å². The average molecular weight is 433 g/mol. The number of carbonyl (C=O) groups excluding carboxylic acids is 2. The number of halogens is 5. The zero-order valence-electron chi connectivity index (χ0n) is 14.7. The van der Waals surface area contributed by atoms with Crippen LogP contribution >= 0.6 is 11.6 Å². The number of hydrazone groups is 1. The van der Waals surface area contributed by atoms with Crippen molar-refractivity contribution in [1.82, 2.24) is 0 Å². The Morgan fingerprint density at radius 3 is 2.52 bits per heavy atom. The number of alkyl halides is 2. The molecule has 0 saturated carbocycles.